The van der Waals surface area contributed by atoms with Crippen LogP contribution in [0.3, 0.4) is 0 Å². The molecule has 0 heterocycles. The van der Waals surface area contributed by atoms with Crippen LogP contribution in [-0.2, 0) is 9.59 Å². The maximum atomic E-state index is 13.3. The molecule has 2 amide bonds. The first-order chi connectivity index (χ1) is 8.02. The molecular formula is C11H13FN2O2S. The smallest absolute Gasteiger partial charge is 0.225 e. The highest BCUT2D eigenvalue weighted by molar-refractivity contribution is 7.80. The van der Waals surface area contributed by atoms with Gasteiger partial charge in [-0.15, -0.1) is 0 Å². The molecule has 0 aromatic heterocycles. The maximum Gasteiger partial charge on any atom is 0.225 e. The molecule has 0 unspecified atom stereocenters. The summed E-state index contributed by atoms with van der Waals surface area (Å²) in [6, 6.07) is 3.98. The number of amides is 2. The number of nitrogens with one attached hydrogen (secondary N) is 2. The van der Waals surface area contributed by atoms with Crippen LogP contribution in [0.5, 0.6) is 0 Å². The second kappa shape index (κ2) is 6.24. The van der Waals surface area contributed by atoms with Crippen molar-refractivity contribution in [1.82, 2.24) is 0 Å². The Morgan fingerprint density at radius 1 is 1.35 bits per heavy atom. The fraction of sp³-hybridized carbons (Fsp3) is 0.273. The van der Waals surface area contributed by atoms with Crippen LogP contribution in [0.15, 0.2) is 18.2 Å². The molecule has 6 heteroatoms. The topological polar surface area (TPSA) is 58.2 Å². The zero-order chi connectivity index (χ0) is 12.8. The molecule has 1 aromatic carbocycles. The van der Waals surface area contributed by atoms with Crippen LogP contribution in [0.25, 0.3) is 0 Å². The van der Waals surface area contributed by atoms with Crippen LogP contribution in [-0.4, -0.2) is 17.6 Å². The van der Waals surface area contributed by atoms with Gasteiger partial charge in [0.2, 0.25) is 11.8 Å². The summed E-state index contributed by atoms with van der Waals surface area (Å²) in [5.41, 5.74) is 0.475. The van der Waals surface area contributed by atoms with Gasteiger partial charge >= 0.3 is 0 Å². The van der Waals surface area contributed by atoms with E-state index in [0.29, 0.717) is 11.4 Å². The van der Waals surface area contributed by atoms with Crippen molar-refractivity contribution >= 4 is 35.8 Å². The Balaban J connectivity index is 2.81. The number of thiol groups is 1. The molecule has 0 spiro atoms. The molecule has 0 bridgehead atoms. The number of rotatable bonds is 4. The van der Waals surface area contributed by atoms with Gasteiger partial charge in [-0.1, -0.05) is 0 Å². The first-order valence-corrected chi connectivity index (χ1v) is 5.64. The molecule has 0 saturated heterocycles. The van der Waals surface area contributed by atoms with Crippen molar-refractivity contribution in [3.05, 3.63) is 24.0 Å². The number of benzene rings is 1. The van der Waals surface area contributed by atoms with Crippen LogP contribution >= 0.6 is 12.6 Å². The van der Waals surface area contributed by atoms with Gasteiger partial charge in [-0.3, -0.25) is 9.59 Å². The molecule has 0 saturated carbocycles. The molecule has 0 fully saturated rings. The molecule has 4 nitrogen and oxygen atoms in total. The van der Waals surface area contributed by atoms with E-state index in [0.717, 1.165) is 0 Å². The van der Waals surface area contributed by atoms with Crippen LogP contribution in [0.2, 0.25) is 0 Å². The van der Waals surface area contributed by atoms with E-state index in [9.17, 15) is 14.0 Å². The van der Waals surface area contributed by atoms with E-state index < -0.39 is 5.82 Å². The Morgan fingerprint density at radius 2 is 2.06 bits per heavy atom. The van der Waals surface area contributed by atoms with Gasteiger partial charge in [0.1, 0.15) is 5.82 Å². The lowest BCUT2D eigenvalue weighted by atomic mass is 10.2. The van der Waals surface area contributed by atoms with Crippen molar-refractivity contribution in [2.24, 2.45) is 0 Å². The molecule has 0 radical (unpaired) electrons. The predicted molar refractivity (Wildman–Crippen MR) is 67.8 cm³/mol. The summed E-state index contributed by atoms with van der Waals surface area (Å²) in [6.45, 7) is 1.28. The summed E-state index contributed by atoms with van der Waals surface area (Å²) in [4.78, 5) is 22.1. The summed E-state index contributed by atoms with van der Waals surface area (Å²) in [5, 5.41) is 4.92. The monoisotopic (exact) mass is 256 g/mol. The SMILES string of the molecule is CC(=O)Nc1cc(NC(=O)CCS)ccc1F. The fourth-order valence-electron chi connectivity index (χ4n) is 1.21. The zero-order valence-corrected chi connectivity index (χ0v) is 10.2. The summed E-state index contributed by atoms with van der Waals surface area (Å²) in [5.74, 6) is -0.693. The van der Waals surface area contributed by atoms with E-state index in [1.165, 1.54) is 25.1 Å². The van der Waals surface area contributed by atoms with Crippen molar-refractivity contribution in [3.63, 3.8) is 0 Å². The van der Waals surface area contributed by atoms with Crippen LogP contribution in [0.4, 0.5) is 15.8 Å². The van der Waals surface area contributed by atoms with Crippen molar-refractivity contribution in [1.29, 1.82) is 0 Å². The third-order valence-corrected chi connectivity index (χ3v) is 2.12. The van der Waals surface area contributed by atoms with Crippen LogP contribution < -0.4 is 10.6 Å². The minimum atomic E-state index is -0.549. The molecule has 2 N–H and O–H groups in total. The van der Waals surface area contributed by atoms with Gasteiger partial charge in [-0.05, 0) is 24.0 Å². The van der Waals surface area contributed by atoms with E-state index in [1.807, 2.05) is 0 Å². The van der Waals surface area contributed by atoms with Gasteiger partial charge in [0.25, 0.3) is 0 Å². The summed E-state index contributed by atoms with van der Waals surface area (Å²) < 4.78 is 13.3. The molecule has 0 aliphatic rings. The number of hydrogen-bond acceptors (Lipinski definition) is 3. The van der Waals surface area contributed by atoms with Gasteiger partial charge in [-0.2, -0.15) is 12.6 Å². The maximum absolute atomic E-state index is 13.3. The minimum Gasteiger partial charge on any atom is -0.326 e. The lowest BCUT2D eigenvalue weighted by Gasteiger charge is -2.08. The van der Waals surface area contributed by atoms with Crippen LogP contribution in [0, 0.1) is 5.82 Å². The highest BCUT2D eigenvalue weighted by Crippen LogP contribution is 2.19. The number of carbonyl (C=O) groups is 2. The highest BCUT2D eigenvalue weighted by atomic mass is 32.1. The Morgan fingerprint density at radius 3 is 2.65 bits per heavy atom. The molecule has 1 rings (SSSR count). The molecule has 0 aliphatic heterocycles. The Labute approximate surface area is 104 Å². The van der Waals surface area contributed by atoms with Crippen molar-refractivity contribution in [2.75, 3.05) is 16.4 Å². The van der Waals surface area contributed by atoms with E-state index in [2.05, 4.69) is 23.3 Å². The molecule has 0 aliphatic carbocycles. The summed E-state index contributed by atoms with van der Waals surface area (Å²) in [6.07, 6.45) is 0.274. The number of anilines is 2. The van der Waals surface area contributed by atoms with Gasteiger partial charge in [0.05, 0.1) is 5.69 Å². The number of halogens is 1. The molecular weight excluding hydrogens is 243 g/mol. The third kappa shape index (κ3) is 4.44. The van der Waals surface area contributed by atoms with Crippen molar-refractivity contribution < 1.29 is 14.0 Å². The number of carbonyl (C=O) groups excluding carboxylic acids is 2. The Bertz CT molecular complexity index is 437. The van der Waals surface area contributed by atoms with E-state index in [1.54, 1.807) is 0 Å². The lowest BCUT2D eigenvalue weighted by Crippen LogP contribution is -2.13. The van der Waals surface area contributed by atoms with E-state index >= 15 is 0 Å². The second-order valence-corrected chi connectivity index (χ2v) is 3.84. The molecule has 0 atom stereocenters. The van der Waals surface area contributed by atoms with Crippen molar-refractivity contribution in [2.45, 2.75) is 13.3 Å². The molecule has 17 heavy (non-hydrogen) atoms. The van der Waals surface area contributed by atoms with Crippen LogP contribution in [0.1, 0.15) is 13.3 Å². The fourth-order valence-corrected chi connectivity index (χ4v) is 1.42. The third-order valence-electron chi connectivity index (χ3n) is 1.90. The standard InChI is InChI=1S/C11H13FN2O2S/c1-7(15)13-10-6-8(2-3-9(10)12)14-11(16)4-5-17/h2-3,6,17H,4-5H2,1H3,(H,13,15)(H,14,16). The van der Waals surface area contributed by atoms with Crippen molar-refractivity contribution in [3.8, 4) is 0 Å². The average Bonchev–Trinajstić information content (AvgIpc) is 2.22. The van der Waals surface area contributed by atoms with E-state index in [-0.39, 0.29) is 23.9 Å². The Hall–Kier alpha value is -1.56. The first-order valence-electron chi connectivity index (χ1n) is 5.01. The lowest BCUT2D eigenvalue weighted by molar-refractivity contribution is -0.116. The first kappa shape index (κ1) is 13.5. The number of hydrogen-bond donors (Lipinski definition) is 3. The zero-order valence-electron chi connectivity index (χ0n) is 9.29. The summed E-state index contributed by atoms with van der Waals surface area (Å²) >= 11 is 3.93. The normalized spacial score (nSPS) is 9.82. The van der Waals surface area contributed by atoms with Gasteiger partial charge in [-0.25, -0.2) is 4.39 Å². The molecule has 1 aromatic rings. The summed E-state index contributed by atoms with van der Waals surface area (Å²) in [7, 11) is 0. The largest absolute Gasteiger partial charge is 0.326 e. The molecule has 92 valence electrons. The van der Waals surface area contributed by atoms with E-state index in [4.69, 9.17) is 0 Å². The second-order valence-electron chi connectivity index (χ2n) is 3.40. The quantitative estimate of drug-likeness (QED) is 0.722. The van der Waals surface area contributed by atoms with Gasteiger partial charge in [0, 0.05) is 19.0 Å². The predicted octanol–water partition coefficient (Wildman–Crippen LogP) is 2.04. The van der Waals surface area contributed by atoms with Gasteiger partial charge in [0.15, 0.2) is 0 Å². The minimum absolute atomic E-state index is 0.0428. The highest BCUT2D eigenvalue weighted by Gasteiger charge is 2.07. The Kier molecular flexibility index (Phi) is 4.96. The average molecular weight is 256 g/mol. The van der Waals surface area contributed by atoms with Gasteiger partial charge < -0.3 is 10.6 Å².